The number of rotatable bonds is 7. The van der Waals surface area contributed by atoms with E-state index in [2.05, 4.69) is 15.0 Å². The van der Waals surface area contributed by atoms with Gasteiger partial charge in [0.1, 0.15) is 5.75 Å². The van der Waals surface area contributed by atoms with Crippen LogP contribution in [0.15, 0.2) is 53.5 Å². The zero-order chi connectivity index (χ0) is 20.7. The van der Waals surface area contributed by atoms with Crippen LogP contribution in [0.3, 0.4) is 0 Å². The van der Waals surface area contributed by atoms with Crippen LogP contribution in [0.25, 0.3) is 0 Å². The second-order valence-corrected chi connectivity index (χ2v) is 6.12. The Hall–Kier alpha value is -2.21. The lowest BCUT2D eigenvalue weighted by molar-refractivity contribution is -0.274. The minimum absolute atomic E-state index is 0. The number of hydrogen-bond acceptors (Lipinski definition) is 4. The third-order valence-corrected chi connectivity index (χ3v) is 3.93. The Labute approximate surface area is 184 Å². The van der Waals surface area contributed by atoms with Crippen LogP contribution in [0.4, 0.5) is 18.9 Å². The molecule has 0 aliphatic heterocycles. The average Bonchev–Trinajstić information content (AvgIpc) is 2.62. The zero-order valence-corrected chi connectivity index (χ0v) is 18.6. The van der Waals surface area contributed by atoms with Crippen molar-refractivity contribution in [3.63, 3.8) is 0 Å². The molecule has 2 rings (SSSR count). The summed E-state index contributed by atoms with van der Waals surface area (Å²) >= 11 is 0. The normalized spacial score (nSPS) is 12.9. The Balaban J connectivity index is 0.00000420. The van der Waals surface area contributed by atoms with Gasteiger partial charge in [-0.3, -0.25) is 4.99 Å². The van der Waals surface area contributed by atoms with E-state index < -0.39 is 6.36 Å². The number of ether oxygens (including phenoxy) is 2. The molecule has 0 bridgehead atoms. The van der Waals surface area contributed by atoms with E-state index in [1.807, 2.05) is 43.3 Å². The number of alkyl halides is 3. The summed E-state index contributed by atoms with van der Waals surface area (Å²) < 4.78 is 47.0. The number of nitrogens with one attached hydrogen (secondary N) is 1. The Morgan fingerprint density at radius 3 is 2.28 bits per heavy atom. The van der Waals surface area contributed by atoms with Crippen molar-refractivity contribution in [1.82, 2.24) is 4.90 Å². The van der Waals surface area contributed by atoms with Gasteiger partial charge in [0.25, 0.3) is 0 Å². The number of benzene rings is 2. The third kappa shape index (κ3) is 7.61. The van der Waals surface area contributed by atoms with Crippen LogP contribution >= 0.6 is 24.0 Å². The van der Waals surface area contributed by atoms with Gasteiger partial charge in [-0.25, -0.2) is 0 Å². The van der Waals surface area contributed by atoms with Crippen LogP contribution in [-0.2, 0) is 0 Å². The fraction of sp³-hybridized carbons (Fsp3) is 0.316. The molecule has 0 heterocycles. The first-order valence-corrected chi connectivity index (χ1v) is 8.42. The summed E-state index contributed by atoms with van der Waals surface area (Å²) in [4.78, 5) is 6.23. The monoisotopic (exact) mass is 524 g/mol. The minimum Gasteiger partial charge on any atom is -0.496 e. The Morgan fingerprint density at radius 2 is 1.69 bits per heavy atom. The van der Waals surface area contributed by atoms with E-state index in [9.17, 15) is 13.2 Å². The first kappa shape index (κ1) is 24.8. The van der Waals surface area contributed by atoms with Gasteiger partial charge in [0.15, 0.2) is 11.7 Å². The molecule has 160 valence electrons. The number of guanidine groups is 1. The second-order valence-electron chi connectivity index (χ2n) is 6.12. The summed E-state index contributed by atoms with van der Waals surface area (Å²) in [6.07, 6.45) is -4.80. The molecule has 0 amide bonds. The lowest BCUT2D eigenvalue weighted by Gasteiger charge is -2.25. The van der Waals surface area contributed by atoms with E-state index in [1.54, 1.807) is 13.2 Å². The van der Waals surface area contributed by atoms with E-state index in [4.69, 9.17) is 10.5 Å². The molecule has 6 nitrogen and oxygen atoms in total. The van der Waals surface area contributed by atoms with Crippen molar-refractivity contribution < 1.29 is 22.6 Å². The quantitative estimate of drug-likeness (QED) is 0.322. The molecule has 0 spiro atoms. The van der Waals surface area contributed by atoms with Gasteiger partial charge in [-0.2, -0.15) is 0 Å². The number of aliphatic imine (C=N–C) groups is 1. The van der Waals surface area contributed by atoms with Gasteiger partial charge < -0.3 is 25.4 Å². The van der Waals surface area contributed by atoms with Gasteiger partial charge in [0.2, 0.25) is 0 Å². The van der Waals surface area contributed by atoms with E-state index in [0.29, 0.717) is 5.75 Å². The molecule has 29 heavy (non-hydrogen) atoms. The summed E-state index contributed by atoms with van der Waals surface area (Å²) in [6, 6.07) is 13.0. The van der Waals surface area contributed by atoms with Crippen LogP contribution < -0.4 is 20.5 Å². The predicted molar refractivity (Wildman–Crippen MR) is 118 cm³/mol. The highest BCUT2D eigenvalue weighted by atomic mass is 127. The largest absolute Gasteiger partial charge is 0.573 e. The lowest BCUT2D eigenvalue weighted by Crippen LogP contribution is -2.28. The molecular weight excluding hydrogens is 500 g/mol. The van der Waals surface area contributed by atoms with Crippen LogP contribution in [-0.4, -0.2) is 45.0 Å². The van der Waals surface area contributed by atoms with Crippen molar-refractivity contribution in [2.75, 3.05) is 33.1 Å². The molecule has 10 heteroatoms. The number of nitrogens with zero attached hydrogens (tertiary/aromatic N) is 2. The molecule has 0 radical (unpaired) electrons. The van der Waals surface area contributed by atoms with Gasteiger partial charge in [-0.05, 0) is 32.3 Å². The summed E-state index contributed by atoms with van der Waals surface area (Å²) in [5.41, 5.74) is 6.88. The Morgan fingerprint density at radius 1 is 1.10 bits per heavy atom. The molecule has 0 aliphatic carbocycles. The summed E-state index contributed by atoms with van der Waals surface area (Å²) in [5, 5.41) is 2.66. The SMILES string of the molecule is COc1ccccc1C(CN=C(N)Nc1ccccc1OC(F)(F)F)N(C)C.I. The maximum Gasteiger partial charge on any atom is 0.573 e. The van der Waals surface area contributed by atoms with Gasteiger partial charge in [-0.15, -0.1) is 37.1 Å². The van der Waals surface area contributed by atoms with Crippen molar-refractivity contribution in [1.29, 1.82) is 0 Å². The topological polar surface area (TPSA) is 72.1 Å². The van der Waals surface area contributed by atoms with Crippen LogP contribution in [0.5, 0.6) is 11.5 Å². The maximum atomic E-state index is 12.5. The maximum absolute atomic E-state index is 12.5. The number of anilines is 1. The number of hydrogen-bond donors (Lipinski definition) is 2. The van der Waals surface area contributed by atoms with Crippen LogP contribution in [0.1, 0.15) is 11.6 Å². The van der Waals surface area contributed by atoms with Gasteiger partial charge in [0, 0.05) is 5.56 Å². The molecule has 0 aromatic heterocycles. The first-order chi connectivity index (χ1) is 13.2. The standard InChI is InChI=1S/C19H23F3N4O2.HI/c1-26(2)15(13-8-4-6-10-16(13)27-3)12-24-18(23)25-14-9-5-7-11-17(14)28-19(20,21)22;/h4-11,15H,12H2,1-3H3,(H3,23,24,25);1H. The molecule has 2 aromatic carbocycles. The van der Waals surface area contributed by atoms with Gasteiger partial charge in [0.05, 0.1) is 25.4 Å². The van der Waals surface area contributed by atoms with Crippen molar-refractivity contribution in [3.05, 3.63) is 54.1 Å². The molecule has 1 unspecified atom stereocenters. The fourth-order valence-corrected chi connectivity index (χ4v) is 2.63. The lowest BCUT2D eigenvalue weighted by atomic mass is 10.0. The molecule has 3 N–H and O–H groups in total. The number of methoxy groups -OCH3 is 1. The number of halogens is 4. The van der Waals surface area contributed by atoms with Crippen molar-refractivity contribution in [3.8, 4) is 11.5 Å². The summed E-state index contributed by atoms with van der Waals surface area (Å²) in [6.45, 7) is 0.272. The van der Waals surface area contributed by atoms with Crippen LogP contribution in [0.2, 0.25) is 0 Å². The Kier molecular flexibility index (Phi) is 9.50. The molecule has 2 aromatic rings. The minimum atomic E-state index is -4.80. The third-order valence-electron chi connectivity index (χ3n) is 3.93. The summed E-state index contributed by atoms with van der Waals surface area (Å²) in [5.74, 6) is 0.300. The average molecular weight is 524 g/mol. The molecule has 0 saturated carbocycles. The zero-order valence-electron chi connectivity index (χ0n) is 16.2. The Bertz CT molecular complexity index is 816. The second kappa shape index (κ2) is 11.1. The molecule has 0 saturated heterocycles. The first-order valence-electron chi connectivity index (χ1n) is 8.42. The number of nitrogens with two attached hydrogens (primary N) is 1. The predicted octanol–water partition coefficient (Wildman–Crippen LogP) is 4.24. The number of para-hydroxylation sites is 3. The van der Waals surface area contributed by atoms with E-state index in [-0.39, 0.29) is 54.0 Å². The van der Waals surface area contributed by atoms with Gasteiger partial charge >= 0.3 is 6.36 Å². The van der Waals surface area contributed by atoms with Crippen molar-refractivity contribution >= 4 is 35.6 Å². The van der Waals surface area contributed by atoms with E-state index in [0.717, 1.165) is 5.56 Å². The smallest absolute Gasteiger partial charge is 0.496 e. The van der Waals surface area contributed by atoms with E-state index in [1.165, 1.54) is 18.2 Å². The number of likely N-dealkylation sites (N-methyl/N-ethyl adjacent to an activating group) is 1. The molecule has 1 atom stereocenters. The fourth-order valence-electron chi connectivity index (χ4n) is 2.63. The highest BCUT2D eigenvalue weighted by molar-refractivity contribution is 14.0. The van der Waals surface area contributed by atoms with Gasteiger partial charge in [-0.1, -0.05) is 30.3 Å². The highest BCUT2D eigenvalue weighted by Crippen LogP contribution is 2.30. The summed E-state index contributed by atoms with van der Waals surface area (Å²) in [7, 11) is 5.37. The molecule has 0 aliphatic rings. The van der Waals surface area contributed by atoms with Crippen LogP contribution in [0, 0.1) is 0 Å². The molecular formula is C19H24F3IN4O2. The van der Waals surface area contributed by atoms with Crippen molar-refractivity contribution in [2.45, 2.75) is 12.4 Å². The van der Waals surface area contributed by atoms with E-state index >= 15 is 0 Å². The van der Waals surface area contributed by atoms with Crippen molar-refractivity contribution in [2.24, 2.45) is 10.7 Å². The molecule has 0 fully saturated rings. The highest BCUT2D eigenvalue weighted by Gasteiger charge is 2.32.